The topological polar surface area (TPSA) is 78.2 Å². The highest BCUT2D eigenvalue weighted by Gasteiger charge is 2.34. The molecule has 0 saturated carbocycles. The minimum absolute atomic E-state index is 0.0188. The van der Waals surface area contributed by atoms with Crippen molar-refractivity contribution in [2.75, 3.05) is 0 Å². The predicted octanol–water partition coefficient (Wildman–Crippen LogP) is 5.63. The van der Waals surface area contributed by atoms with Crippen LogP contribution in [0.3, 0.4) is 0 Å². The monoisotopic (exact) mass is 425 g/mol. The molecule has 0 atom stereocenters. The van der Waals surface area contributed by atoms with Crippen LogP contribution in [0.25, 0.3) is 0 Å². The van der Waals surface area contributed by atoms with Crippen LogP contribution in [0.1, 0.15) is 11.3 Å². The average Bonchev–Trinajstić information content (AvgIpc) is 2.67. The van der Waals surface area contributed by atoms with Gasteiger partial charge in [-0.3, -0.25) is 10.1 Å². The Labute approximate surface area is 165 Å². The molecular weight excluding hydrogens is 414 g/mol. The molecule has 0 aliphatic heterocycles. The Hall–Kier alpha value is -3.21. The quantitative estimate of drug-likeness (QED) is 0.168. The van der Waals surface area contributed by atoms with Gasteiger partial charge in [0.05, 0.1) is 4.92 Å². The van der Waals surface area contributed by atoms with Crippen molar-refractivity contribution < 1.29 is 27.2 Å². The number of ether oxygens (including phenoxy) is 1. The lowest BCUT2D eigenvalue weighted by atomic mass is 10.2. The first-order valence-corrected chi connectivity index (χ1v) is 8.96. The highest BCUT2D eigenvalue weighted by molar-refractivity contribution is 7.98. The van der Waals surface area contributed by atoms with Gasteiger partial charge >= 0.3 is 6.18 Å². The molecule has 1 heterocycles. The molecule has 2 aromatic carbocycles. The van der Waals surface area contributed by atoms with Crippen LogP contribution in [-0.4, -0.2) is 14.9 Å². The molecule has 0 N–H and O–H groups in total. The van der Waals surface area contributed by atoms with Crippen molar-refractivity contribution in [2.45, 2.75) is 17.1 Å². The minimum Gasteiger partial charge on any atom is -0.439 e. The molecule has 6 nitrogen and oxygen atoms in total. The van der Waals surface area contributed by atoms with Gasteiger partial charge in [-0.1, -0.05) is 30.0 Å². The molecule has 11 heteroatoms. The van der Waals surface area contributed by atoms with E-state index in [4.69, 9.17) is 4.74 Å². The van der Waals surface area contributed by atoms with Crippen molar-refractivity contribution in [3.8, 4) is 11.6 Å². The molecule has 0 saturated heterocycles. The van der Waals surface area contributed by atoms with Crippen LogP contribution in [0.2, 0.25) is 0 Å². The van der Waals surface area contributed by atoms with E-state index in [-0.39, 0.29) is 27.9 Å². The summed E-state index contributed by atoms with van der Waals surface area (Å²) in [5.41, 5.74) is -1.13. The summed E-state index contributed by atoms with van der Waals surface area (Å²) in [6.07, 6.45) is -4.75. The maximum absolute atomic E-state index is 13.7. The van der Waals surface area contributed by atoms with Gasteiger partial charge in [-0.25, -0.2) is 9.37 Å². The van der Waals surface area contributed by atoms with Crippen LogP contribution in [0.5, 0.6) is 11.6 Å². The number of nitro benzene ring substituents is 1. The number of alkyl halides is 3. The summed E-state index contributed by atoms with van der Waals surface area (Å²) in [4.78, 5) is 17.4. The molecule has 3 aromatic rings. The van der Waals surface area contributed by atoms with Gasteiger partial charge in [0.2, 0.25) is 5.88 Å². The summed E-state index contributed by atoms with van der Waals surface area (Å²) < 4.78 is 58.5. The van der Waals surface area contributed by atoms with E-state index >= 15 is 0 Å². The van der Waals surface area contributed by atoms with Crippen molar-refractivity contribution in [1.29, 1.82) is 0 Å². The molecule has 150 valence electrons. The molecule has 0 fully saturated rings. The van der Waals surface area contributed by atoms with E-state index in [2.05, 4.69) is 9.97 Å². The van der Waals surface area contributed by atoms with Gasteiger partial charge in [-0.05, 0) is 23.8 Å². The Morgan fingerprint density at radius 2 is 1.76 bits per heavy atom. The molecule has 0 unspecified atom stereocenters. The largest absolute Gasteiger partial charge is 0.439 e. The highest BCUT2D eigenvalue weighted by atomic mass is 32.2. The first-order chi connectivity index (χ1) is 13.7. The summed E-state index contributed by atoms with van der Waals surface area (Å²) in [7, 11) is 0. The normalized spacial score (nSPS) is 11.3. The average molecular weight is 425 g/mol. The zero-order valence-electron chi connectivity index (χ0n) is 14.4. The number of hydrogen-bond acceptors (Lipinski definition) is 6. The number of benzene rings is 2. The van der Waals surface area contributed by atoms with Crippen molar-refractivity contribution >= 4 is 17.4 Å². The van der Waals surface area contributed by atoms with Gasteiger partial charge in [0.15, 0.2) is 10.9 Å². The summed E-state index contributed by atoms with van der Waals surface area (Å²) in [6.45, 7) is 0. The second-order valence-corrected chi connectivity index (χ2v) is 6.55. The molecule has 0 aliphatic rings. The molecule has 0 bridgehead atoms. The third kappa shape index (κ3) is 5.41. The molecule has 1 aromatic heterocycles. The standard InChI is InChI=1S/C18H11F4N3O3S/c19-14-4-2-1-3-11(14)10-29-17-23-15(18(20,21)22)9-16(24-17)28-13-7-5-12(6-8-13)25(26)27/h1-9H,10H2. The van der Waals surface area contributed by atoms with E-state index in [1.165, 1.54) is 30.3 Å². The van der Waals surface area contributed by atoms with Gasteiger partial charge < -0.3 is 4.74 Å². The summed E-state index contributed by atoms with van der Waals surface area (Å²) >= 11 is 0.818. The van der Waals surface area contributed by atoms with Gasteiger partial charge in [0.1, 0.15) is 11.6 Å². The van der Waals surface area contributed by atoms with E-state index in [9.17, 15) is 27.7 Å². The summed E-state index contributed by atoms with van der Waals surface area (Å²) in [5, 5.41) is 10.4. The Bertz CT molecular complexity index is 1030. The smallest absolute Gasteiger partial charge is 0.433 e. The van der Waals surface area contributed by atoms with Gasteiger partial charge in [-0.15, -0.1) is 0 Å². The van der Waals surface area contributed by atoms with E-state index in [0.717, 1.165) is 23.9 Å². The second-order valence-electron chi connectivity index (χ2n) is 5.60. The van der Waals surface area contributed by atoms with Crippen LogP contribution in [0, 0.1) is 15.9 Å². The summed E-state index contributed by atoms with van der Waals surface area (Å²) in [5.74, 6) is -0.802. The maximum atomic E-state index is 13.7. The van der Waals surface area contributed by atoms with Crippen molar-refractivity contribution in [2.24, 2.45) is 0 Å². The predicted molar refractivity (Wildman–Crippen MR) is 96.2 cm³/mol. The fourth-order valence-corrected chi connectivity index (χ4v) is 3.02. The zero-order valence-corrected chi connectivity index (χ0v) is 15.2. The number of thioether (sulfide) groups is 1. The third-order valence-corrected chi connectivity index (χ3v) is 4.45. The molecule has 3 rings (SSSR count). The summed E-state index contributed by atoms with van der Waals surface area (Å²) in [6, 6.07) is 11.2. The highest BCUT2D eigenvalue weighted by Crippen LogP contribution is 2.33. The first kappa shape index (κ1) is 20.5. The molecule has 29 heavy (non-hydrogen) atoms. The lowest BCUT2D eigenvalue weighted by Crippen LogP contribution is -2.10. The molecule has 0 radical (unpaired) electrons. The van der Waals surface area contributed by atoms with Gasteiger partial charge in [-0.2, -0.15) is 18.2 Å². The van der Waals surface area contributed by atoms with Crippen molar-refractivity contribution in [3.05, 3.63) is 81.8 Å². The van der Waals surface area contributed by atoms with E-state index < -0.39 is 28.5 Å². The fraction of sp³-hybridized carbons (Fsp3) is 0.111. The maximum Gasteiger partial charge on any atom is 0.433 e. The number of hydrogen-bond donors (Lipinski definition) is 0. The third-order valence-electron chi connectivity index (χ3n) is 3.56. The number of nitro groups is 1. The number of aromatic nitrogens is 2. The zero-order chi connectivity index (χ0) is 21.0. The van der Waals surface area contributed by atoms with Gasteiger partial charge in [0, 0.05) is 24.0 Å². The van der Waals surface area contributed by atoms with Gasteiger partial charge in [0.25, 0.3) is 5.69 Å². The van der Waals surface area contributed by atoms with Crippen LogP contribution < -0.4 is 4.74 Å². The lowest BCUT2D eigenvalue weighted by Gasteiger charge is -2.11. The molecule has 0 aliphatic carbocycles. The fourth-order valence-electron chi connectivity index (χ4n) is 2.18. The van der Waals surface area contributed by atoms with Crippen molar-refractivity contribution in [3.63, 3.8) is 0 Å². The molecule has 0 amide bonds. The number of halogens is 4. The second kappa shape index (κ2) is 8.43. The Morgan fingerprint density at radius 1 is 1.07 bits per heavy atom. The van der Waals surface area contributed by atoms with Crippen LogP contribution in [0.4, 0.5) is 23.2 Å². The van der Waals surface area contributed by atoms with Crippen LogP contribution >= 0.6 is 11.8 Å². The van der Waals surface area contributed by atoms with E-state index in [1.807, 2.05) is 0 Å². The van der Waals surface area contributed by atoms with E-state index in [1.54, 1.807) is 6.07 Å². The van der Waals surface area contributed by atoms with Crippen LogP contribution in [-0.2, 0) is 11.9 Å². The first-order valence-electron chi connectivity index (χ1n) is 7.97. The molecule has 0 spiro atoms. The van der Waals surface area contributed by atoms with E-state index in [0.29, 0.717) is 6.07 Å². The Morgan fingerprint density at radius 3 is 2.38 bits per heavy atom. The van der Waals surface area contributed by atoms with Crippen LogP contribution in [0.15, 0.2) is 59.8 Å². The Balaban J connectivity index is 1.85. The van der Waals surface area contributed by atoms with Crippen molar-refractivity contribution in [1.82, 2.24) is 9.97 Å². The lowest BCUT2D eigenvalue weighted by molar-refractivity contribution is -0.384. The number of rotatable bonds is 6. The molecular formula is C18H11F4N3O3S. The number of nitrogens with zero attached hydrogens (tertiary/aromatic N) is 3. The minimum atomic E-state index is -4.75. The Kier molecular flexibility index (Phi) is 5.97. The SMILES string of the molecule is O=[N+]([O-])c1ccc(Oc2cc(C(F)(F)F)nc(SCc3ccccc3F)n2)cc1. The number of non-ortho nitro benzene ring substituents is 1.